The highest BCUT2D eigenvalue weighted by Crippen LogP contribution is 2.25. The van der Waals surface area contributed by atoms with Crippen LogP contribution in [0.1, 0.15) is 25.3 Å². The Morgan fingerprint density at radius 3 is 3.05 bits per heavy atom. The Bertz CT molecular complexity index is 634. The number of H-pyrrole nitrogens is 1. The lowest BCUT2D eigenvalue weighted by molar-refractivity contribution is -0.135. The van der Waals surface area contributed by atoms with E-state index in [1.807, 2.05) is 29.3 Å². The van der Waals surface area contributed by atoms with Crippen LogP contribution in [0.2, 0.25) is 0 Å². The molecule has 4 heteroatoms. The summed E-state index contributed by atoms with van der Waals surface area (Å²) in [5.41, 5.74) is 8.05. The Kier molecular flexibility index (Phi) is 3.97. The molecule has 1 aliphatic heterocycles. The number of likely N-dealkylation sites (tertiary alicyclic amines) is 1. The number of hydrogen-bond donors (Lipinski definition) is 2. The number of nitrogens with one attached hydrogen (secondary N) is 1. The second kappa shape index (κ2) is 5.90. The maximum atomic E-state index is 12.7. The number of nitrogens with two attached hydrogens (primary N) is 1. The second-order valence-electron chi connectivity index (χ2n) is 6.05. The van der Waals surface area contributed by atoms with Crippen LogP contribution in [-0.2, 0) is 11.2 Å². The summed E-state index contributed by atoms with van der Waals surface area (Å²) in [6, 6.07) is 8.30. The highest BCUT2D eigenvalue weighted by atomic mass is 16.2. The van der Waals surface area contributed by atoms with Crippen molar-refractivity contribution in [1.82, 2.24) is 9.88 Å². The van der Waals surface area contributed by atoms with Gasteiger partial charge in [-0.15, -0.1) is 0 Å². The lowest BCUT2D eigenvalue weighted by Gasteiger charge is -2.39. The van der Waals surface area contributed by atoms with Gasteiger partial charge in [-0.1, -0.05) is 25.1 Å². The summed E-state index contributed by atoms with van der Waals surface area (Å²) in [4.78, 5) is 17.9. The molecule has 0 spiro atoms. The van der Waals surface area contributed by atoms with Crippen molar-refractivity contribution in [3.05, 3.63) is 36.0 Å². The molecule has 1 amide bonds. The number of benzene rings is 1. The molecule has 0 radical (unpaired) electrons. The fourth-order valence-corrected chi connectivity index (χ4v) is 3.46. The monoisotopic (exact) mass is 285 g/mol. The summed E-state index contributed by atoms with van der Waals surface area (Å²) >= 11 is 0. The average molecular weight is 285 g/mol. The Labute approximate surface area is 125 Å². The highest BCUT2D eigenvalue weighted by Gasteiger charge is 2.30. The minimum absolute atomic E-state index is 0.191. The first-order chi connectivity index (χ1) is 10.2. The summed E-state index contributed by atoms with van der Waals surface area (Å²) in [7, 11) is 0. The number of aromatic amines is 1. The predicted molar refractivity (Wildman–Crippen MR) is 85.0 cm³/mol. The van der Waals surface area contributed by atoms with Gasteiger partial charge in [-0.3, -0.25) is 4.79 Å². The molecule has 0 bridgehead atoms. The van der Waals surface area contributed by atoms with E-state index in [-0.39, 0.29) is 11.9 Å². The molecule has 2 aromatic rings. The summed E-state index contributed by atoms with van der Waals surface area (Å²) in [5.74, 6) is 0.692. The van der Waals surface area contributed by atoms with Gasteiger partial charge in [0.05, 0.1) is 6.42 Å². The van der Waals surface area contributed by atoms with Crippen LogP contribution < -0.4 is 5.73 Å². The Morgan fingerprint density at radius 1 is 1.43 bits per heavy atom. The molecule has 2 atom stereocenters. The molecule has 1 aromatic carbocycles. The van der Waals surface area contributed by atoms with E-state index in [9.17, 15) is 4.79 Å². The van der Waals surface area contributed by atoms with E-state index in [0.29, 0.717) is 18.9 Å². The molecule has 3 rings (SSSR count). The van der Waals surface area contributed by atoms with E-state index in [0.717, 1.165) is 29.4 Å². The van der Waals surface area contributed by atoms with Crippen molar-refractivity contribution in [2.24, 2.45) is 11.7 Å². The molecule has 112 valence electrons. The fourth-order valence-electron chi connectivity index (χ4n) is 3.46. The van der Waals surface area contributed by atoms with E-state index in [1.54, 1.807) is 0 Å². The van der Waals surface area contributed by atoms with Crippen molar-refractivity contribution in [3.63, 3.8) is 0 Å². The number of aromatic nitrogens is 1. The van der Waals surface area contributed by atoms with Gasteiger partial charge in [0.1, 0.15) is 0 Å². The smallest absolute Gasteiger partial charge is 0.227 e. The zero-order valence-corrected chi connectivity index (χ0v) is 12.5. The van der Waals surface area contributed by atoms with Crippen LogP contribution in [0.15, 0.2) is 30.5 Å². The maximum absolute atomic E-state index is 12.7. The van der Waals surface area contributed by atoms with E-state index in [2.05, 4.69) is 18.0 Å². The van der Waals surface area contributed by atoms with E-state index in [4.69, 9.17) is 5.73 Å². The van der Waals surface area contributed by atoms with Crippen molar-refractivity contribution in [2.75, 3.05) is 13.1 Å². The Balaban J connectivity index is 1.79. The summed E-state index contributed by atoms with van der Waals surface area (Å²) < 4.78 is 0. The summed E-state index contributed by atoms with van der Waals surface area (Å²) in [5, 5.41) is 1.14. The maximum Gasteiger partial charge on any atom is 0.227 e. The Morgan fingerprint density at radius 2 is 2.24 bits per heavy atom. The number of carbonyl (C=O) groups excluding carboxylic acids is 1. The van der Waals surface area contributed by atoms with Gasteiger partial charge in [0, 0.05) is 36.2 Å². The van der Waals surface area contributed by atoms with Crippen LogP contribution in [0.4, 0.5) is 0 Å². The minimum Gasteiger partial charge on any atom is -0.361 e. The molecular formula is C17H23N3O. The molecule has 3 N–H and O–H groups in total. The molecule has 1 saturated heterocycles. The SMILES string of the molecule is CC1CCCN(C(=O)Cc2c[nH]c3ccccc23)C1CN. The quantitative estimate of drug-likeness (QED) is 0.909. The summed E-state index contributed by atoms with van der Waals surface area (Å²) in [6.45, 7) is 3.59. The van der Waals surface area contributed by atoms with Gasteiger partial charge in [-0.2, -0.15) is 0 Å². The van der Waals surface area contributed by atoms with Crippen molar-refractivity contribution in [3.8, 4) is 0 Å². The van der Waals surface area contributed by atoms with Gasteiger partial charge < -0.3 is 15.6 Å². The normalized spacial score (nSPS) is 22.7. The van der Waals surface area contributed by atoms with E-state index >= 15 is 0 Å². The zero-order chi connectivity index (χ0) is 14.8. The van der Waals surface area contributed by atoms with Gasteiger partial charge in [0.25, 0.3) is 0 Å². The largest absolute Gasteiger partial charge is 0.361 e. The first-order valence-electron chi connectivity index (χ1n) is 7.75. The average Bonchev–Trinajstić information content (AvgIpc) is 2.90. The fraction of sp³-hybridized carbons (Fsp3) is 0.471. The lowest BCUT2D eigenvalue weighted by Crippen LogP contribution is -2.51. The number of carbonyl (C=O) groups is 1. The van der Waals surface area contributed by atoms with Gasteiger partial charge in [-0.05, 0) is 30.4 Å². The van der Waals surface area contributed by atoms with Crippen molar-refractivity contribution in [1.29, 1.82) is 0 Å². The third-order valence-corrected chi connectivity index (χ3v) is 4.69. The topological polar surface area (TPSA) is 62.1 Å². The van der Waals surface area contributed by atoms with Gasteiger partial charge in [0.15, 0.2) is 0 Å². The minimum atomic E-state index is 0.191. The van der Waals surface area contributed by atoms with Crippen LogP contribution in [0.5, 0.6) is 0 Å². The van der Waals surface area contributed by atoms with Crippen LogP contribution in [-0.4, -0.2) is 34.9 Å². The first-order valence-corrected chi connectivity index (χ1v) is 7.75. The van der Waals surface area contributed by atoms with Crippen molar-refractivity contribution < 1.29 is 4.79 Å². The molecular weight excluding hydrogens is 262 g/mol. The van der Waals surface area contributed by atoms with Crippen LogP contribution in [0.25, 0.3) is 10.9 Å². The molecule has 2 heterocycles. The van der Waals surface area contributed by atoms with Crippen molar-refractivity contribution >= 4 is 16.8 Å². The number of hydrogen-bond acceptors (Lipinski definition) is 2. The Hall–Kier alpha value is -1.81. The van der Waals surface area contributed by atoms with E-state index in [1.165, 1.54) is 6.42 Å². The highest BCUT2D eigenvalue weighted by molar-refractivity contribution is 5.89. The third kappa shape index (κ3) is 2.68. The molecule has 4 nitrogen and oxygen atoms in total. The van der Waals surface area contributed by atoms with Crippen molar-refractivity contribution in [2.45, 2.75) is 32.2 Å². The second-order valence-corrected chi connectivity index (χ2v) is 6.05. The first kappa shape index (κ1) is 14.1. The third-order valence-electron chi connectivity index (χ3n) is 4.69. The molecule has 1 fully saturated rings. The standard InChI is InChI=1S/C17H23N3O/c1-12-5-4-8-20(16(12)10-18)17(21)9-13-11-19-15-7-3-2-6-14(13)15/h2-3,6-7,11-12,16,19H,4-5,8-10,18H2,1H3. The predicted octanol–water partition coefficient (Wildman–Crippen LogP) is 2.30. The molecule has 0 saturated carbocycles. The number of amides is 1. The number of rotatable bonds is 3. The van der Waals surface area contributed by atoms with Crippen LogP contribution in [0.3, 0.4) is 0 Å². The molecule has 0 aliphatic carbocycles. The number of fused-ring (bicyclic) bond motifs is 1. The van der Waals surface area contributed by atoms with Gasteiger partial charge in [-0.25, -0.2) is 0 Å². The van der Waals surface area contributed by atoms with Crippen LogP contribution in [0, 0.1) is 5.92 Å². The van der Waals surface area contributed by atoms with Gasteiger partial charge >= 0.3 is 0 Å². The molecule has 21 heavy (non-hydrogen) atoms. The lowest BCUT2D eigenvalue weighted by atomic mass is 9.90. The van der Waals surface area contributed by atoms with Crippen LogP contribution >= 0.6 is 0 Å². The number of para-hydroxylation sites is 1. The molecule has 1 aromatic heterocycles. The van der Waals surface area contributed by atoms with Gasteiger partial charge in [0.2, 0.25) is 5.91 Å². The molecule has 1 aliphatic rings. The molecule has 2 unspecified atom stereocenters. The van der Waals surface area contributed by atoms with E-state index < -0.39 is 0 Å². The zero-order valence-electron chi connectivity index (χ0n) is 12.5. The number of piperidine rings is 1. The number of nitrogens with zero attached hydrogens (tertiary/aromatic N) is 1. The summed E-state index contributed by atoms with van der Waals surface area (Å²) in [6.07, 6.45) is 4.65.